The van der Waals surface area contributed by atoms with Crippen LogP contribution in [-0.2, 0) is 14.2 Å². The van der Waals surface area contributed by atoms with Gasteiger partial charge < -0.3 is 150 Å². The molecule has 0 radical (unpaired) electrons. The van der Waals surface area contributed by atoms with E-state index in [1.165, 1.54) is 18.2 Å². The van der Waals surface area contributed by atoms with Gasteiger partial charge in [-0.15, -0.1) is 0 Å². The predicted octanol–water partition coefficient (Wildman–Crippen LogP) is -0.409. The number of rotatable bonds is 14. The van der Waals surface area contributed by atoms with Crippen LogP contribution in [0.5, 0.6) is 86.2 Å². The molecule has 0 saturated carbocycles. The van der Waals surface area contributed by atoms with Crippen molar-refractivity contribution in [3.63, 3.8) is 0 Å². The summed E-state index contributed by atoms with van der Waals surface area (Å²) in [5.74, 6) is -12.8. The zero-order chi connectivity index (χ0) is 67.2. The largest absolute Gasteiger partial charge is 0.508 e. The van der Waals surface area contributed by atoms with Gasteiger partial charge in [-0.05, 0) is 53.1 Å². The summed E-state index contributed by atoms with van der Waals surface area (Å²) in [7, 11) is 0. The third-order valence-electron chi connectivity index (χ3n) is 17.8. The summed E-state index contributed by atoms with van der Waals surface area (Å²) in [6.45, 7) is -2.78. The SMILES string of the molecule is O=C1C[C@@H](c2ccc(O)c(O)c2)Oc2c1c(O[C@@H]1O[C@H](CO)[C@@H](O)[C@H](O)[C@H]1O)cc(O)c2[C@@H]1C[C@@H](c2ccc(O)c(O)c2)Oc2c([C@@H]3C[C@@H](c4ccc(O)c(O)c4)Oc4cc(O)cc(O[C@@H]5O[C@H](CO)[C@@H](O)[C@H](O)[C@H]5O)c43)c(O)cc(O[C@@H]3O[C@H](CO)[C@@H](O)[C@H](O)[C@H]3O)c21. The molecule has 6 aromatic carbocycles. The molecule has 6 heterocycles. The average Bonchev–Trinajstić information content (AvgIpc) is 0.718. The molecule has 6 aromatic rings. The van der Waals surface area contributed by atoms with Crippen molar-refractivity contribution in [2.75, 3.05) is 19.8 Å². The second kappa shape index (κ2) is 25.6. The minimum Gasteiger partial charge on any atom is -0.508 e. The minimum absolute atomic E-state index is 0.0448. The summed E-state index contributed by atoms with van der Waals surface area (Å²) in [4.78, 5) is 15.2. The molecule has 0 amide bonds. The number of ketones is 1. The molecule has 3 fully saturated rings. The van der Waals surface area contributed by atoms with Crippen molar-refractivity contribution in [1.82, 2.24) is 0 Å². The van der Waals surface area contributed by atoms with Gasteiger partial charge in [-0.1, -0.05) is 18.2 Å². The van der Waals surface area contributed by atoms with Crippen molar-refractivity contribution in [3.05, 3.63) is 123 Å². The van der Waals surface area contributed by atoms with E-state index in [0.29, 0.717) is 0 Å². The highest BCUT2D eigenvalue weighted by atomic mass is 16.7. The van der Waals surface area contributed by atoms with E-state index in [9.17, 15) is 107 Å². The van der Waals surface area contributed by atoms with E-state index in [2.05, 4.69) is 0 Å². The zero-order valence-electron chi connectivity index (χ0n) is 48.8. The fourth-order valence-corrected chi connectivity index (χ4v) is 12.8. The molecular formula is C63H66O31. The number of benzene rings is 6. The number of hydrogen-bond acceptors (Lipinski definition) is 31. The van der Waals surface area contributed by atoms with E-state index in [1.54, 1.807) is 0 Å². The molecule has 0 aliphatic carbocycles. The Morgan fingerprint density at radius 1 is 0.372 bits per heavy atom. The van der Waals surface area contributed by atoms with Gasteiger partial charge in [0, 0.05) is 71.2 Å². The Morgan fingerprint density at radius 3 is 1.20 bits per heavy atom. The second-order valence-corrected chi connectivity index (χ2v) is 23.6. The van der Waals surface area contributed by atoms with Crippen molar-refractivity contribution in [3.8, 4) is 86.2 Å². The lowest BCUT2D eigenvalue weighted by Crippen LogP contribution is -2.60. The van der Waals surface area contributed by atoms with Crippen LogP contribution in [0.4, 0.5) is 0 Å². The van der Waals surface area contributed by atoms with E-state index < -0.39 is 259 Å². The number of phenols is 9. The third-order valence-corrected chi connectivity index (χ3v) is 17.8. The number of fused-ring (bicyclic) bond motifs is 3. The van der Waals surface area contributed by atoms with Gasteiger partial charge in [-0.3, -0.25) is 4.79 Å². The lowest BCUT2D eigenvalue weighted by Gasteiger charge is -2.43. The Hall–Kier alpha value is -8.61. The first-order chi connectivity index (χ1) is 44.8. The van der Waals surface area contributed by atoms with Gasteiger partial charge in [0.1, 0.15) is 149 Å². The molecule has 0 unspecified atom stereocenters. The van der Waals surface area contributed by atoms with Crippen molar-refractivity contribution < 1.29 is 155 Å². The molecule has 3 saturated heterocycles. The maximum absolute atomic E-state index is 15.2. The van der Waals surface area contributed by atoms with Crippen LogP contribution in [0.2, 0.25) is 0 Å². The van der Waals surface area contributed by atoms with Gasteiger partial charge in [-0.2, -0.15) is 0 Å². The molecule has 31 nitrogen and oxygen atoms in total. The third kappa shape index (κ3) is 11.7. The van der Waals surface area contributed by atoms with Crippen LogP contribution in [0, 0.1) is 0 Å². The number of Topliss-reactive ketones (excluding diaryl/α,β-unsaturated/α-hetero) is 1. The fourth-order valence-electron chi connectivity index (χ4n) is 12.8. The van der Waals surface area contributed by atoms with E-state index >= 15 is 4.79 Å². The Bertz CT molecular complexity index is 3840. The number of hydrogen-bond donors (Lipinski definition) is 21. The van der Waals surface area contributed by atoms with Gasteiger partial charge in [-0.25, -0.2) is 0 Å². The van der Waals surface area contributed by atoms with Crippen LogP contribution < -0.4 is 28.4 Å². The maximum atomic E-state index is 15.2. The number of carbonyl (C=O) groups is 1. The zero-order valence-corrected chi connectivity index (χ0v) is 48.8. The Labute approximate surface area is 529 Å². The molecule has 504 valence electrons. The molecule has 94 heavy (non-hydrogen) atoms. The van der Waals surface area contributed by atoms with Crippen molar-refractivity contribution in [2.45, 2.75) is 142 Å². The van der Waals surface area contributed by atoms with Crippen LogP contribution in [-0.4, -0.2) is 225 Å². The van der Waals surface area contributed by atoms with E-state index in [0.717, 1.165) is 60.7 Å². The highest BCUT2D eigenvalue weighted by Gasteiger charge is 2.52. The number of ether oxygens (including phenoxy) is 9. The molecular weight excluding hydrogens is 1250 g/mol. The van der Waals surface area contributed by atoms with Crippen molar-refractivity contribution in [2.24, 2.45) is 0 Å². The monoisotopic (exact) mass is 1320 g/mol. The van der Waals surface area contributed by atoms with Crippen LogP contribution in [0.25, 0.3) is 0 Å². The lowest BCUT2D eigenvalue weighted by atomic mass is 9.75. The van der Waals surface area contributed by atoms with Crippen LogP contribution in [0.3, 0.4) is 0 Å². The second-order valence-electron chi connectivity index (χ2n) is 23.6. The van der Waals surface area contributed by atoms with Crippen molar-refractivity contribution >= 4 is 5.78 Å². The quantitative estimate of drug-likeness (QED) is 0.0617. The molecule has 0 aromatic heterocycles. The minimum atomic E-state index is -2.17. The first-order valence-electron chi connectivity index (χ1n) is 29.5. The van der Waals surface area contributed by atoms with Gasteiger partial charge in [0.25, 0.3) is 0 Å². The number of phenolic OH excluding ortho intramolecular Hbond substituents is 9. The van der Waals surface area contributed by atoms with Crippen LogP contribution in [0.15, 0.2) is 78.9 Å². The molecule has 20 atom stereocenters. The molecule has 6 aliphatic rings. The lowest BCUT2D eigenvalue weighted by molar-refractivity contribution is -0.277. The summed E-state index contributed by atoms with van der Waals surface area (Å²) in [6, 6.07) is 14.6. The maximum Gasteiger partial charge on any atom is 0.229 e. The van der Waals surface area contributed by atoms with Crippen LogP contribution >= 0.6 is 0 Å². The summed E-state index contributed by atoms with van der Waals surface area (Å²) in [5, 5.41) is 232. The number of aliphatic hydroxyl groups excluding tert-OH is 12. The summed E-state index contributed by atoms with van der Waals surface area (Å²) in [6.07, 6.45) is -34.6. The van der Waals surface area contributed by atoms with E-state index in [1.807, 2.05) is 0 Å². The van der Waals surface area contributed by atoms with E-state index in [-0.39, 0.29) is 39.1 Å². The standard InChI is InChI=1S/C63H66O31/c64-17-42-50(77)53(80)56(83)61(92-42)89-39-11-23(67)10-38-47(39)24(12-35(86-38)20-1-4-26(68)29(71)7-20)45-32(74)15-40(90-62-57(84)54(81)51(78)43(18-65)93-62)48-25(13-36(87-59(45)48)21-2-5-27(69)30(72)8-21)46-33(75)16-41(91-63-58(85)55(82)52(79)44(19-66)94-63)49-34(76)14-37(88-60(46)49)22-3-6-28(70)31(73)9-22/h1-11,15-16,24-25,35-37,42-44,50-58,61-75,77-85H,12-14,17-19H2/t24-,25-,35-,36-,37-,42+,43+,44+,50+,51+,52+,53-,54-,55-,56+,57+,58+,61+,62+,63+/m0/s1. The topological polar surface area (TPSA) is 525 Å². The highest BCUT2D eigenvalue weighted by molar-refractivity contribution is 6.03. The Balaban J connectivity index is 1.14. The number of aliphatic hydroxyl groups is 12. The predicted molar refractivity (Wildman–Crippen MR) is 309 cm³/mol. The fraction of sp³-hybridized carbons (Fsp3) is 0.413. The smallest absolute Gasteiger partial charge is 0.229 e. The first kappa shape index (κ1) is 65.5. The Morgan fingerprint density at radius 2 is 0.755 bits per heavy atom. The van der Waals surface area contributed by atoms with Gasteiger partial charge >= 0.3 is 0 Å². The Kier molecular flexibility index (Phi) is 17.8. The van der Waals surface area contributed by atoms with E-state index in [4.69, 9.17) is 42.6 Å². The molecule has 6 aliphatic heterocycles. The summed E-state index contributed by atoms with van der Waals surface area (Å²) >= 11 is 0. The normalized spacial score (nSPS) is 32.1. The molecule has 0 bridgehead atoms. The number of carbonyl (C=O) groups excluding carboxylic acids is 1. The summed E-state index contributed by atoms with van der Waals surface area (Å²) in [5.41, 5.74) is -1.41. The molecule has 31 heteroatoms. The summed E-state index contributed by atoms with van der Waals surface area (Å²) < 4.78 is 56.4. The highest BCUT2D eigenvalue weighted by Crippen LogP contribution is 2.63. The van der Waals surface area contributed by atoms with Crippen LogP contribution in [0.1, 0.15) is 98.7 Å². The van der Waals surface area contributed by atoms with Gasteiger partial charge in [0.2, 0.25) is 18.9 Å². The van der Waals surface area contributed by atoms with Gasteiger partial charge in [0.05, 0.1) is 26.2 Å². The van der Waals surface area contributed by atoms with Gasteiger partial charge in [0.15, 0.2) is 40.3 Å². The number of aromatic hydroxyl groups is 9. The molecule has 21 N–H and O–H groups in total. The van der Waals surface area contributed by atoms with Crippen molar-refractivity contribution in [1.29, 1.82) is 0 Å². The molecule has 0 spiro atoms. The molecule has 12 rings (SSSR count). The average molecular weight is 1320 g/mol. The first-order valence-corrected chi connectivity index (χ1v) is 29.5.